The fraction of sp³-hybridized carbons (Fsp3) is 0.526. The summed E-state index contributed by atoms with van der Waals surface area (Å²) in [4.78, 5) is 27.8. The van der Waals surface area contributed by atoms with Crippen LogP contribution in [0.2, 0.25) is 0 Å². The zero-order valence-electron chi connectivity index (χ0n) is 16.1. The molecule has 1 fully saturated rings. The number of guanidine groups is 1. The molecule has 0 atom stereocenters. The van der Waals surface area contributed by atoms with Gasteiger partial charge in [-0.15, -0.1) is 24.0 Å². The summed E-state index contributed by atoms with van der Waals surface area (Å²) in [6, 6.07) is 5.88. The molecule has 156 valence electrons. The summed E-state index contributed by atoms with van der Waals surface area (Å²) < 4.78 is 12.9. The quantitative estimate of drug-likeness (QED) is 0.166. The Balaban J connectivity index is 0.00000392. The van der Waals surface area contributed by atoms with Crippen molar-refractivity contribution in [3.63, 3.8) is 0 Å². The second kappa shape index (κ2) is 13.3. The molecule has 0 aliphatic heterocycles. The standard InChI is InChI=1S/C19H28FN5O2.HI/c1-2-21-19(25-12-10-23-18(27)15-5-6-15)24-11-9-22-17(26)13-14-3-7-16(20)8-4-14;/h3-4,7-8,15H,2,5-6,9-13H2,1H3,(H,22,26)(H,23,27)(H2,21,24,25);1H. The van der Waals surface area contributed by atoms with E-state index in [9.17, 15) is 14.0 Å². The summed E-state index contributed by atoms with van der Waals surface area (Å²) in [5.74, 6) is 0.542. The van der Waals surface area contributed by atoms with Crippen LogP contribution >= 0.6 is 24.0 Å². The molecule has 7 nitrogen and oxygen atoms in total. The van der Waals surface area contributed by atoms with Gasteiger partial charge >= 0.3 is 0 Å². The van der Waals surface area contributed by atoms with E-state index < -0.39 is 0 Å². The van der Waals surface area contributed by atoms with Crippen molar-refractivity contribution >= 4 is 41.8 Å². The second-order valence-electron chi connectivity index (χ2n) is 6.41. The molecule has 0 heterocycles. The minimum atomic E-state index is -0.316. The van der Waals surface area contributed by atoms with E-state index in [0.717, 1.165) is 24.9 Å². The summed E-state index contributed by atoms with van der Waals surface area (Å²) in [5, 5.41) is 11.9. The number of carbonyl (C=O) groups excluding carboxylic acids is 2. The minimum absolute atomic E-state index is 0. The number of hydrogen-bond acceptors (Lipinski definition) is 3. The summed E-state index contributed by atoms with van der Waals surface area (Å²) in [6.07, 6.45) is 2.20. The predicted octanol–water partition coefficient (Wildman–Crippen LogP) is 1.18. The molecule has 0 aromatic heterocycles. The molecule has 1 aromatic rings. The first-order valence-corrected chi connectivity index (χ1v) is 9.39. The highest BCUT2D eigenvalue weighted by Gasteiger charge is 2.28. The molecule has 9 heteroatoms. The van der Waals surface area contributed by atoms with Gasteiger partial charge in [0.1, 0.15) is 5.82 Å². The number of carbonyl (C=O) groups is 2. The molecule has 28 heavy (non-hydrogen) atoms. The fourth-order valence-corrected chi connectivity index (χ4v) is 2.41. The van der Waals surface area contributed by atoms with Gasteiger partial charge < -0.3 is 21.3 Å². The number of nitrogens with zero attached hydrogens (tertiary/aromatic N) is 1. The molecule has 0 saturated heterocycles. The summed E-state index contributed by atoms with van der Waals surface area (Å²) in [5.41, 5.74) is 0.764. The van der Waals surface area contributed by atoms with Crippen molar-refractivity contribution in [2.45, 2.75) is 26.2 Å². The molecule has 0 unspecified atom stereocenters. The first kappa shape index (κ1) is 24.1. The van der Waals surface area contributed by atoms with Crippen molar-refractivity contribution < 1.29 is 14.0 Å². The largest absolute Gasteiger partial charge is 0.357 e. The lowest BCUT2D eigenvalue weighted by molar-refractivity contribution is -0.122. The van der Waals surface area contributed by atoms with Crippen LogP contribution in [0.4, 0.5) is 4.39 Å². The van der Waals surface area contributed by atoms with Crippen molar-refractivity contribution in [1.82, 2.24) is 21.3 Å². The van der Waals surface area contributed by atoms with Crippen molar-refractivity contribution in [3.8, 4) is 0 Å². The van der Waals surface area contributed by atoms with E-state index in [0.29, 0.717) is 32.1 Å². The fourth-order valence-electron chi connectivity index (χ4n) is 2.41. The van der Waals surface area contributed by atoms with Crippen LogP contribution in [0.15, 0.2) is 29.3 Å². The van der Waals surface area contributed by atoms with Gasteiger partial charge in [0.25, 0.3) is 0 Å². The molecule has 0 bridgehead atoms. The molecular formula is C19H29FIN5O2. The zero-order chi connectivity index (χ0) is 19.5. The monoisotopic (exact) mass is 505 g/mol. The normalized spacial score (nSPS) is 13.3. The van der Waals surface area contributed by atoms with Crippen molar-refractivity contribution in [3.05, 3.63) is 35.6 Å². The number of halogens is 2. The Morgan fingerprint density at radius 2 is 1.71 bits per heavy atom. The van der Waals surface area contributed by atoms with Gasteiger partial charge in [0.2, 0.25) is 11.8 Å². The Bertz CT molecular complexity index is 650. The summed E-state index contributed by atoms with van der Waals surface area (Å²) in [6.45, 7) is 4.66. The summed E-state index contributed by atoms with van der Waals surface area (Å²) >= 11 is 0. The van der Waals surface area contributed by atoms with Crippen molar-refractivity contribution in [2.75, 3.05) is 32.7 Å². The first-order chi connectivity index (χ1) is 13.1. The lowest BCUT2D eigenvalue weighted by Crippen LogP contribution is -2.42. The smallest absolute Gasteiger partial charge is 0.224 e. The number of aliphatic imine (C=N–C) groups is 1. The van der Waals surface area contributed by atoms with Crippen LogP contribution in [0.25, 0.3) is 0 Å². The average Bonchev–Trinajstić information content (AvgIpc) is 3.49. The highest BCUT2D eigenvalue weighted by molar-refractivity contribution is 14.0. The van der Waals surface area contributed by atoms with Crippen LogP contribution in [0.5, 0.6) is 0 Å². The molecule has 4 N–H and O–H groups in total. The molecule has 1 saturated carbocycles. The van der Waals surface area contributed by atoms with Gasteiger partial charge in [-0.05, 0) is 37.5 Å². The van der Waals surface area contributed by atoms with Crippen LogP contribution in [0.3, 0.4) is 0 Å². The molecule has 1 aromatic carbocycles. The van der Waals surface area contributed by atoms with Gasteiger partial charge in [0.05, 0.1) is 13.0 Å². The Hall–Kier alpha value is -1.91. The van der Waals surface area contributed by atoms with Crippen molar-refractivity contribution in [1.29, 1.82) is 0 Å². The molecule has 1 aliphatic rings. The predicted molar refractivity (Wildman–Crippen MR) is 118 cm³/mol. The molecule has 0 radical (unpaired) electrons. The van der Waals surface area contributed by atoms with Gasteiger partial charge in [0.15, 0.2) is 5.96 Å². The number of benzene rings is 1. The van der Waals surface area contributed by atoms with E-state index in [1.165, 1.54) is 12.1 Å². The van der Waals surface area contributed by atoms with Crippen molar-refractivity contribution in [2.24, 2.45) is 10.9 Å². The molecule has 2 amide bonds. The van der Waals surface area contributed by atoms with E-state index in [-0.39, 0.29) is 53.9 Å². The Morgan fingerprint density at radius 3 is 2.36 bits per heavy atom. The van der Waals surface area contributed by atoms with Gasteiger partial charge in [-0.25, -0.2) is 4.39 Å². The molecule has 2 rings (SSSR count). The van der Waals surface area contributed by atoms with E-state index in [1.54, 1.807) is 12.1 Å². The highest BCUT2D eigenvalue weighted by Crippen LogP contribution is 2.28. The lowest BCUT2D eigenvalue weighted by atomic mass is 10.1. The third-order valence-electron chi connectivity index (χ3n) is 3.99. The molecular weight excluding hydrogens is 476 g/mol. The SMILES string of the molecule is CCNC(=NCCNC(=O)Cc1ccc(F)cc1)NCCNC(=O)C1CC1.I. The van der Waals surface area contributed by atoms with Crippen LogP contribution in [-0.2, 0) is 16.0 Å². The van der Waals surface area contributed by atoms with Crippen LogP contribution < -0.4 is 21.3 Å². The van der Waals surface area contributed by atoms with E-state index in [1.807, 2.05) is 6.92 Å². The zero-order valence-corrected chi connectivity index (χ0v) is 18.4. The molecule has 0 spiro atoms. The van der Waals surface area contributed by atoms with Gasteiger partial charge in [-0.1, -0.05) is 12.1 Å². The number of amides is 2. The number of nitrogens with one attached hydrogen (secondary N) is 4. The van der Waals surface area contributed by atoms with Gasteiger partial charge in [-0.3, -0.25) is 14.6 Å². The number of hydrogen-bond donors (Lipinski definition) is 4. The van der Waals surface area contributed by atoms with Gasteiger partial charge in [-0.2, -0.15) is 0 Å². The van der Waals surface area contributed by atoms with Gasteiger partial charge in [0, 0.05) is 32.1 Å². The molecule has 1 aliphatic carbocycles. The van der Waals surface area contributed by atoms with E-state index >= 15 is 0 Å². The van der Waals surface area contributed by atoms with E-state index in [2.05, 4.69) is 26.3 Å². The maximum Gasteiger partial charge on any atom is 0.224 e. The van der Waals surface area contributed by atoms with Crippen LogP contribution in [0, 0.1) is 11.7 Å². The maximum atomic E-state index is 12.9. The van der Waals surface area contributed by atoms with E-state index in [4.69, 9.17) is 0 Å². The minimum Gasteiger partial charge on any atom is -0.357 e. The topological polar surface area (TPSA) is 94.6 Å². The third-order valence-corrected chi connectivity index (χ3v) is 3.99. The summed E-state index contributed by atoms with van der Waals surface area (Å²) in [7, 11) is 0. The highest BCUT2D eigenvalue weighted by atomic mass is 127. The first-order valence-electron chi connectivity index (χ1n) is 9.39. The average molecular weight is 505 g/mol. The lowest BCUT2D eigenvalue weighted by Gasteiger charge is -2.12. The second-order valence-corrected chi connectivity index (χ2v) is 6.41. The Morgan fingerprint density at radius 1 is 1.04 bits per heavy atom. The Kier molecular flexibility index (Phi) is 11.5. The third kappa shape index (κ3) is 9.86. The number of rotatable bonds is 10. The Labute approximate surface area is 182 Å². The van der Waals surface area contributed by atoms with Crippen LogP contribution in [0.1, 0.15) is 25.3 Å². The van der Waals surface area contributed by atoms with Crippen LogP contribution in [-0.4, -0.2) is 50.5 Å². The maximum absolute atomic E-state index is 12.9.